The normalized spacial score (nSPS) is 13.5. The number of rotatable bonds is 4. The van der Waals surface area contributed by atoms with Crippen molar-refractivity contribution in [3.63, 3.8) is 0 Å². The number of imidazole rings is 1. The van der Waals surface area contributed by atoms with Crippen LogP contribution in [0, 0.1) is 0 Å². The molecule has 5 nitrogen and oxygen atoms in total. The van der Waals surface area contributed by atoms with Crippen molar-refractivity contribution < 1.29 is 13.2 Å². The lowest BCUT2D eigenvalue weighted by atomic mass is 10.1. The number of fused-ring (bicyclic) bond motifs is 1. The molecular formula is C16H14ClF3N4OS. The predicted molar refractivity (Wildman–Crippen MR) is 94.3 cm³/mol. The minimum absolute atomic E-state index is 0.0691. The highest BCUT2D eigenvalue weighted by atomic mass is 35.5. The molecule has 3 aromatic rings. The first kappa shape index (κ1) is 18.8. The molecule has 0 saturated carbocycles. The van der Waals surface area contributed by atoms with E-state index in [1.165, 1.54) is 65.9 Å². The summed E-state index contributed by atoms with van der Waals surface area (Å²) < 4.78 is 44.9. The van der Waals surface area contributed by atoms with Crippen molar-refractivity contribution in [3.05, 3.63) is 63.5 Å². The van der Waals surface area contributed by atoms with Gasteiger partial charge in [-0.05, 0) is 42.8 Å². The molecule has 138 valence electrons. The van der Waals surface area contributed by atoms with Gasteiger partial charge in [-0.3, -0.25) is 4.79 Å². The number of alkyl halides is 3. The van der Waals surface area contributed by atoms with Crippen molar-refractivity contribution in [2.45, 2.75) is 17.2 Å². The number of nitrogens with zero attached hydrogens (tertiary/aromatic N) is 4. The summed E-state index contributed by atoms with van der Waals surface area (Å²) in [5.74, 6) is 0. The molecule has 26 heavy (non-hydrogen) atoms. The van der Waals surface area contributed by atoms with Crippen molar-refractivity contribution in [1.29, 1.82) is 0 Å². The molecule has 0 fully saturated rings. The summed E-state index contributed by atoms with van der Waals surface area (Å²) in [7, 11) is 2.87. The zero-order valence-corrected chi connectivity index (χ0v) is 15.3. The second-order valence-corrected chi connectivity index (χ2v) is 7.21. The Morgan fingerprint density at radius 2 is 1.85 bits per heavy atom. The van der Waals surface area contributed by atoms with Crippen LogP contribution in [0.25, 0.3) is 5.65 Å². The van der Waals surface area contributed by atoms with Gasteiger partial charge in [-0.25, -0.2) is 18.5 Å². The Kier molecular flexibility index (Phi) is 5.05. The summed E-state index contributed by atoms with van der Waals surface area (Å²) in [6.07, 6.45) is -3.06. The van der Waals surface area contributed by atoms with Crippen molar-refractivity contribution in [2.24, 2.45) is 7.05 Å². The Labute approximate surface area is 156 Å². The first-order valence-electron chi connectivity index (χ1n) is 7.45. The lowest BCUT2D eigenvalue weighted by Crippen LogP contribution is -2.32. The van der Waals surface area contributed by atoms with E-state index in [9.17, 15) is 18.0 Å². The maximum atomic E-state index is 13.7. The van der Waals surface area contributed by atoms with Crippen molar-refractivity contribution in [1.82, 2.24) is 18.5 Å². The van der Waals surface area contributed by atoms with Gasteiger partial charge in [0, 0.05) is 18.1 Å². The fraction of sp³-hybridized carbons (Fsp3) is 0.250. The van der Waals surface area contributed by atoms with Crippen LogP contribution in [0.4, 0.5) is 13.2 Å². The lowest BCUT2D eigenvalue weighted by molar-refractivity contribution is -0.169. The Morgan fingerprint density at radius 1 is 1.19 bits per heavy atom. The highest BCUT2D eigenvalue weighted by molar-refractivity contribution is 7.97. The largest absolute Gasteiger partial charge is 0.408 e. The molecule has 0 spiro atoms. The zero-order valence-electron chi connectivity index (χ0n) is 13.7. The van der Waals surface area contributed by atoms with Crippen LogP contribution in [-0.2, 0) is 7.05 Å². The highest BCUT2D eigenvalue weighted by Crippen LogP contribution is 2.41. The fourth-order valence-electron chi connectivity index (χ4n) is 2.62. The third kappa shape index (κ3) is 3.60. The molecule has 0 saturated heterocycles. The predicted octanol–water partition coefficient (Wildman–Crippen LogP) is 3.93. The first-order chi connectivity index (χ1) is 12.2. The number of aryl methyl sites for hydroxylation is 1. The molecule has 2 heterocycles. The molecule has 0 bridgehead atoms. The molecule has 0 aliphatic carbocycles. The summed E-state index contributed by atoms with van der Waals surface area (Å²) in [5.41, 5.74) is 0.253. The van der Waals surface area contributed by atoms with E-state index in [-0.39, 0.29) is 11.1 Å². The van der Waals surface area contributed by atoms with Gasteiger partial charge in [0.2, 0.25) is 0 Å². The van der Waals surface area contributed by atoms with Gasteiger partial charge >= 0.3 is 6.18 Å². The van der Waals surface area contributed by atoms with Gasteiger partial charge in [-0.2, -0.15) is 13.2 Å². The Morgan fingerprint density at radius 3 is 2.46 bits per heavy atom. The van der Waals surface area contributed by atoms with E-state index in [0.29, 0.717) is 15.7 Å². The first-order valence-corrected chi connectivity index (χ1v) is 8.60. The minimum Gasteiger partial charge on any atom is -0.268 e. The molecule has 2 aromatic heterocycles. The van der Waals surface area contributed by atoms with Crippen LogP contribution < -0.4 is 5.56 Å². The van der Waals surface area contributed by atoms with E-state index >= 15 is 0 Å². The molecule has 1 atom stereocenters. The van der Waals surface area contributed by atoms with Crippen molar-refractivity contribution >= 4 is 29.2 Å². The second-order valence-electron chi connectivity index (χ2n) is 5.59. The smallest absolute Gasteiger partial charge is 0.268 e. The molecule has 0 aliphatic heterocycles. The van der Waals surface area contributed by atoms with E-state index in [0.717, 1.165) is 16.3 Å². The van der Waals surface area contributed by atoms with E-state index in [2.05, 4.69) is 4.98 Å². The molecule has 1 aromatic carbocycles. The van der Waals surface area contributed by atoms with Gasteiger partial charge in [-0.1, -0.05) is 23.7 Å². The van der Waals surface area contributed by atoms with E-state index in [4.69, 9.17) is 11.6 Å². The molecular weight excluding hydrogens is 389 g/mol. The average molecular weight is 403 g/mol. The SMILES string of the molecule is CN(Sc1cnc2ccc(=O)n(C)n12)C(c1ccc(Cl)cc1)C(F)(F)F. The maximum absolute atomic E-state index is 13.7. The number of hydrogen-bond donors (Lipinski definition) is 0. The van der Waals surface area contributed by atoms with Crippen LogP contribution in [0.5, 0.6) is 0 Å². The number of hydrogen-bond acceptors (Lipinski definition) is 4. The van der Waals surface area contributed by atoms with E-state index < -0.39 is 12.2 Å². The van der Waals surface area contributed by atoms with Gasteiger partial charge in [0.25, 0.3) is 5.56 Å². The number of halogens is 4. The van der Waals surface area contributed by atoms with Gasteiger partial charge in [0.05, 0.1) is 6.20 Å². The molecule has 0 radical (unpaired) electrons. The summed E-state index contributed by atoms with van der Waals surface area (Å²) >= 11 is 6.64. The number of aromatic nitrogens is 3. The monoisotopic (exact) mass is 402 g/mol. The fourth-order valence-corrected chi connectivity index (χ4v) is 3.78. The lowest BCUT2D eigenvalue weighted by Gasteiger charge is -2.29. The van der Waals surface area contributed by atoms with Crippen LogP contribution >= 0.6 is 23.5 Å². The second kappa shape index (κ2) is 6.98. The highest BCUT2D eigenvalue weighted by Gasteiger charge is 2.44. The third-order valence-corrected chi connectivity index (χ3v) is 5.04. The molecule has 1 unspecified atom stereocenters. The van der Waals surface area contributed by atoms with E-state index in [1.807, 2.05) is 0 Å². The van der Waals surface area contributed by atoms with Crippen molar-refractivity contribution in [3.8, 4) is 0 Å². The number of benzene rings is 1. The summed E-state index contributed by atoms with van der Waals surface area (Å²) in [5, 5.41) is 0.757. The zero-order chi connectivity index (χ0) is 19.1. The summed E-state index contributed by atoms with van der Waals surface area (Å²) in [4.78, 5) is 16.0. The van der Waals surface area contributed by atoms with Gasteiger partial charge < -0.3 is 0 Å². The molecule has 10 heteroatoms. The standard InChI is InChI=1S/C16H14ClF3N4OS/c1-22-13(25)8-7-12-21-9-14(24(12)22)26-23(2)15(16(18,19)20)10-3-5-11(17)6-4-10/h3-9,15H,1-2H3. The van der Waals surface area contributed by atoms with Gasteiger partial charge in [0.15, 0.2) is 5.65 Å². The molecule has 0 amide bonds. The molecule has 3 rings (SSSR count). The Hall–Kier alpha value is -1.97. The maximum Gasteiger partial charge on any atom is 0.408 e. The quantitative estimate of drug-likeness (QED) is 0.620. The average Bonchev–Trinajstić information content (AvgIpc) is 2.95. The van der Waals surface area contributed by atoms with Crippen LogP contribution in [-0.4, -0.2) is 31.7 Å². The van der Waals surface area contributed by atoms with Crippen LogP contribution in [0.15, 0.2) is 52.4 Å². The minimum atomic E-state index is -4.50. The van der Waals surface area contributed by atoms with Crippen molar-refractivity contribution in [2.75, 3.05) is 7.05 Å². The van der Waals surface area contributed by atoms with Crippen LogP contribution in [0.1, 0.15) is 11.6 Å². The Bertz CT molecular complexity index is 984. The third-order valence-electron chi connectivity index (χ3n) is 3.82. The van der Waals surface area contributed by atoms with Gasteiger partial charge in [-0.15, -0.1) is 0 Å². The van der Waals surface area contributed by atoms with E-state index in [1.54, 1.807) is 0 Å². The van der Waals surface area contributed by atoms with Gasteiger partial charge in [0.1, 0.15) is 11.1 Å². The Balaban J connectivity index is 1.99. The molecule has 0 N–H and O–H groups in total. The topological polar surface area (TPSA) is 42.5 Å². The van der Waals surface area contributed by atoms with Crippen LogP contribution in [0.2, 0.25) is 5.02 Å². The summed E-state index contributed by atoms with van der Waals surface area (Å²) in [6, 6.07) is 6.57. The van der Waals surface area contributed by atoms with Crippen LogP contribution in [0.3, 0.4) is 0 Å². The summed E-state index contributed by atoms with van der Waals surface area (Å²) in [6.45, 7) is 0. The molecule has 0 aliphatic rings.